The zero-order valence-corrected chi connectivity index (χ0v) is 23.2. The first-order valence-corrected chi connectivity index (χ1v) is 14.5. The number of benzene rings is 4. The molecule has 0 radical (unpaired) electrons. The van der Waals surface area contributed by atoms with Crippen molar-refractivity contribution in [1.82, 2.24) is 14.4 Å². The molecule has 3 nitrogen and oxygen atoms in total. The lowest BCUT2D eigenvalue weighted by atomic mass is 9.65. The topological polar surface area (TPSA) is 30.2 Å². The van der Waals surface area contributed by atoms with Crippen molar-refractivity contribution in [2.24, 2.45) is 5.41 Å². The summed E-state index contributed by atoms with van der Waals surface area (Å²) < 4.78 is 2.32. The van der Waals surface area contributed by atoms with Crippen molar-refractivity contribution >= 4 is 49.3 Å². The van der Waals surface area contributed by atoms with Gasteiger partial charge in [-0.3, -0.25) is 9.38 Å². The molecule has 7 aromatic rings. The summed E-state index contributed by atoms with van der Waals surface area (Å²) in [6, 6.07) is 32.9. The number of imidazole rings is 1. The first-order chi connectivity index (χ1) is 20.7. The number of pyridine rings is 2. The molecule has 198 valence electrons. The number of para-hydroxylation sites is 2. The molecule has 3 heterocycles. The van der Waals surface area contributed by atoms with E-state index in [0.717, 1.165) is 43.9 Å². The molecule has 0 saturated carbocycles. The second-order valence-electron chi connectivity index (χ2n) is 11.7. The van der Waals surface area contributed by atoms with E-state index >= 15 is 0 Å². The van der Waals surface area contributed by atoms with Crippen LogP contribution in [0.4, 0.5) is 0 Å². The molecule has 0 amide bonds. The molecule has 2 atom stereocenters. The SMILES string of the molecule is CC12C=CC=CC1=CC=CC2c1ccc(-c2ccc3c4c(ccc5cccnc54)c4nc5ccccc5n4c3c2)cc1. The maximum atomic E-state index is 5.12. The molecule has 2 aliphatic rings. The van der Waals surface area contributed by atoms with Crippen molar-refractivity contribution in [2.45, 2.75) is 12.8 Å². The summed E-state index contributed by atoms with van der Waals surface area (Å²) in [5.41, 5.74) is 10.3. The van der Waals surface area contributed by atoms with E-state index in [1.54, 1.807) is 0 Å². The van der Waals surface area contributed by atoms with Gasteiger partial charge in [0, 0.05) is 39.1 Å². The first kappa shape index (κ1) is 23.4. The van der Waals surface area contributed by atoms with Gasteiger partial charge in [0.15, 0.2) is 0 Å². The van der Waals surface area contributed by atoms with E-state index in [1.807, 2.05) is 12.3 Å². The smallest absolute Gasteiger partial charge is 0.146 e. The minimum atomic E-state index is -0.0279. The molecule has 0 N–H and O–H groups in total. The van der Waals surface area contributed by atoms with Crippen LogP contribution >= 0.6 is 0 Å². The Labute approximate surface area is 243 Å². The predicted octanol–water partition coefficient (Wildman–Crippen LogP) is 9.72. The lowest BCUT2D eigenvalue weighted by Crippen LogP contribution is -2.27. The summed E-state index contributed by atoms with van der Waals surface area (Å²) >= 11 is 0. The Kier molecular flexibility index (Phi) is 4.80. The normalized spacial score (nSPS) is 19.7. The molecular weight excluding hydrogens is 510 g/mol. The quantitative estimate of drug-likeness (QED) is 0.206. The van der Waals surface area contributed by atoms with E-state index in [2.05, 4.69) is 139 Å². The van der Waals surface area contributed by atoms with Gasteiger partial charge in [0.1, 0.15) is 5.65 Å². The highest BCUT2D eigenvalue weighted by atomic mass is 15.0. The van der Waals surface area contributed by atoms with Crippen molar-refractivity contribution in [3.8, 4) is 11.1 Å². The van der Waals surface area contributed by atoms with Crippen molar-refractivity contribution < 1.29 is 0 Å². The highest BCUT2D eigenvalue weighted by Crippen LogP contribution is 2.48. The van der Waals surface area contributed by atoms with Gasteiger partial charge in [-0.1, -0.05) is 110 Å². The Hall–Kier alpha value is -5.28. The van der Waals surface area contributed by atoms with Gasteiger partial charge < -0.3 is 0 Å². The van der Waals surface area contributed by atoms with E-state index in [4.69, 9.17) is 9.97 Å². The molecule has 42 heavy (non-hydrogen) atoms. The Morgan fingerprint density at radius 3 is 2.55 bits per heavy atom. The number of allylic oxidation sites excluding steroid dienone is 8. The molecule has 0 fully saturated rings. The van der Waals surface area contributed by atoms with E-state index in [-0.39, 0.29) is 5.41 Å². The maximum absolute atomic E-state index is 5.12. The van der Waals surface area contributed by atoms with Crippen molar-refractivity contribution in [2.75, 3.05) is 0 Å². The highest BCUT2D eigenvalue weighted by molar-refractivity contribution is 6.23. The van der Waals surface area contributed by atoms with Gasteiger partial charge in [0.2, 0.25) is 0 Å². The molecule has 3 aromatic heterocycles. The minimum absolute atomic E-state index is 0.0279. The van der Waals surface area contributed by atoms with Crippen LogP contribution in [0.25, 0.3) is 60.4 Å². The van der Waals surface area contributed by atoms with Gasteiger partial charge in [-0.05, 0) is 52.6 Å². The zero-order valence-electron chi connectivity index (χ0n) is 23.2. The Bertz CT molecular complexity index is 2370. The molecule has 0 saturated heterocycles. The fourth-order valence-corrected chi connectivity index (χ4v) is 7.18. The maximum Gasteiger partial charge on any atom is 0.146 e. The van der Waals surface area contributed by atoms with Gasteiger partial charge in [-0.15, -0.1) is 0 Å². The van der Waals surface area contributed by atoms with Gasteiger partial charge in [0.05, 0.1) is 22.1 Å². The fourth-order valence-electron chi connectivity index (χ4n) is 7.18. The molecular formula is C39H27N3. The molecule has 2 aliphatic carbocycles. The molecule has 0 bridgehead atoms. The summed E-state index contributed by atoms with van der Waals surface area (Å²) in [4.78, 5) is 9.95. The van der Waals surface area contributed by atoms with Crippen LogP contribution in [-0.2, 0) is 0 Å². The third-order valence-electron chi connectivity index (χ3n) is 9.36. The van der Waals surface area contributed by atoms with Crippen LogP contribution in [0.2, 0.25) is 0 Å². The Morgan fingerprint density at radius 1 is 0.762 bits per heavy atom. The van der Waals surface area contributed by atoms with Crippen molar-refractivity contribution in [3.05, 3.63) is 151 Å². The van der Waals surface area contributed by atoms with Gasteiger partial charge in [-0.2, -0.15) is 0 Å². The predicted molar refractivity (Wildman–Crippen MR) is 175 cm³/mol. The lowest BCUT2D eigenvalue weighted by molar-refractivity contribution is 0.459. The van der Waals surface area contributed by atoms with Crippen LogP contribution in [-0.4, -0.2) is 14.4 Å². The first-order valence-electron chi connectivity index (χ1n) is 14.5. The van der Waals surface area contributed by atoms with E-state index < -0.39 is 0 Å². The standard InChI is InChI=1S/C39H27N3/c1-39-22-5-4-9-29(39)10-6-11-32(39)26-16-14-25(15-17-26)28-19-20-30-35(24-28)42-34-13-3-2-12-33(34)41-38(42)31-21-18-27-8-7-23-40-37(27)36(30)31/h2-24,32H,1H3. The van der Waals surface area contributed by atoms with E-state index in [0.29, 0.717) is 5.92 Å². The van der Waals surface area contributed by atoms with Gasteiger partial charge in [-0.25, -0.2) is 4.98 Å². The highest BCUT2D eigenvalue weighted by Gasteiger charge is 2.36. The Morgan fingerprint density at radius 2 is 1.62 bits per heavy atom. The number of aromatic nitrogens is 3. The Balaban J connectivity index is 1.25. The monoisotopic (exact) mass is 537 g/mol. The molecule has 0 aliphatic heterocycles. The molecule has 3 heteroatoms. The fraction of sp³-hybridized carbons (Fsp3) is 0.0769. The number of hydrogen-bond acceptors (Lipinski definition) is 2. The number of nitrogens with zero attached hydrogens (tertiary/aromatic N) is 3. The van der Waals surface area contributed by atoms with Gasteiger partial charge in [0.25, 0.3) is 0 Å². The van der Waals surface area contributed by atoms with Crippen LogP contribution in [0.5, 0.6) is 0 Å². The van der Waals surface area contributed by atoms with Crippen molar-refractivity contribution in [3.63, 3.8) is 0 Å². The lowest BCUT2D eigenvalue weighted by Gasteiger charge is -2.38. The summed E-state index contributed by atoms with van der Waals surface area (Å²) in [5.74, 6) is 0.299. The third-order valence-corrected chi connectivity index (χ3v) is 9.36. The molecule has 2 unspecified atom stereocenters. The van der Waals surface area contributed by atoms with Crippen LogP contribution < -0.4 is 0 Å². The minimum Gasteiger partial charge on any atom is -0.292 e. The van der Waals surface area contributed by atoms with Crippen LogP contribution in [0.1, 0.15) is 18.4 Å². The summed E-state index contributed by atoms with van der Waals surface area (Å²) in [7, 11) is 0. The number of hydrogen-bond donors (Lipinski definition) is 0. The van der Waals surface area contributed by atoms with E-state index in [1.165, 1.54) is 27.6 Å². The van der Waals surface area contributed by atoms with Crippen LogP contribution in [0, 0.1) is 5.41 Å². The van der Waals surface area contributed by atoms with Crippen molar-refractivity contribution in [1.29, 1.82) is 0 Å². The average Bonchev–Trinajstić information content (AvgIpc) is 3.44. The summed E-state index contributed by atoms with van der Waals surface area (Å²) in [6.45, 7) is 2.34. The molecule has 0 spiro atoms. The van der Waals surface area contributed by atoms with Crippen LogP contribution in [0.3, 0.4) is 0 Å². The van der Waals surface area contributed by atoms with Crippen LogP contribution in [0.15, 0.2) is 145 Å². The molecule has 9 rings (SSSR count). The van der Waals surface area contributed by atoms with Gasteiger partial charge >= 0.3 is 0 Å². The zero-order chi connectivity index (χ0) is 27.8. The number of fused-ring (bicyclic) bond motifs is 11. The average molecular weight is 538 g/mol. The second kappa shape index (κ2) is 8.61. The van der Waals surface area contributed by atoms with E-state index in [9.17, 15) is 0 Å². The number of rotatable bonds is 2. The summed E-state index contributed by atoms with van der Waals surface area (Å²) in [5, 5.41) is 4.60. The third kappa shape index (κ3) is 3.22. The largest absolute Gasteiger partial charge is 0.292 e. The second-order valence-corrected chi connectivity index (χ2v) is 11.7. The summed E-state index contributed by atoms with van der Waals surface area (Å²) in [6.07, 6.45) is 17.6. The molecule has 4 aromatic carbocycles.